The molecule has 0 radical (unpaired) electrons. The van der Waals surface area contributed by atoms with Crippen LogP contribution in [0.5, 0.6) is 0 Å². The Morgan fingerprint density at radius 1 is 1.08 bits per heavy atom. The molecule has 1 amide bonds. The van der Waals surface area contributed by atoms with Crippen molar-refractivity contribution in [1.29, 1.82) is 0 Å². The lowest BCUT2D eigenvalue weighted by Gasteiger charge is -2.30. The van der Waals surface area contributed by atoms with Gasteiger partial charge in [0.15, 0.2) is 5.69 Å². The van der Waals surface area contributed by atoms with Crippen molar-refractivity contribution >= 4 is 23.5 Å². The van der Waals surface area contributed by atoms with Crippen molar-refractivity contribution in [3.05, 3.63) is 58.6 Å². The fourth-order valence-electron chi connectivity index (χ4n) is 2.29. The van der Waals surface area contributed by atoms with Crippen LogP contribution in [0.2, 0.25) is 5.02 Å². The summed E-state index contributed by atoms with van der Waals surface area (Å²) in [6.07, 6.45) is 2.26. The lowest BCUT2D eigenvalue weighted by atomic mass is 9.93. The molecule has 0 saturated heterocycles. The summed E-state index contributed by atoms with van der Waals surface area (Å²) in [4.78, 5) is 32.5. The Labute approximate surface area is 145 Å². The minimum atomic E-state index is -1.18. The first kappa shape index (κ1) is 17.9. The molecular weight excluding hydrogens is 330 g/mol. The van der Waals surface area contributed by atoms with Gasteiger partial charge in [-0.1, -0.05) is 30.7 Å². The second-order valence-electron chi connectivity index (χ2n) is 5.59. The predicted molar refractivity (Wildman–Crippen MR) is 90.4 cm³/mol. The molecule has 1 N–H and O–H groups in total. The quantitative estimate of drug-likeness (QED) is 0.898. The van der Waals surface area contributed by atoms with Gasteiger partial charge in [0, 0.05) is 24.0 Å². The standard InChI is InChI=1S/C17H18ClN3O3/c1-10(12-4-6-13(18)7-5-12)11(2)21(3)16(22)14-8-20-15(9-19-14)17(23)24/h4-11H,1-3H3,(H,23,24). The Morgan fingerprint density at radius 2 is 1.62 bits per heavy atom. The molecule has 1 aromatic carbocycles. The zero-order valence-corrected chi connectivity index (χ0v) is 14.4. The lowest BCUT2D eigenvalue weighted by Crippen LogP contribution is -2.38. The molecule has 0 fully saturated rings. The van der Waals surface area contributed by atoms with Gasteiger partial charge >= 0.3 is 5.97 Å². The number of benzene rings is 1. The van der Waals surface area contributed by atoms with Crippen LogP contribution >= 0.6 is 11.6 Å². The van der Waals surface area contributed by atoms with Crippen LogP contribution < -0.4 is 0 Å². The van der Waals surface area contributed by atoms with Crippen LogP contribution in [-0.4, -0.2) is 44.9 Å². The normalized spacial score (nSPS) is 13.2. The Bertz CT molecular complexity index is 732. The number of carbonyl (C=O) groups is 2. The summed E-state index contributed by atoms with van der Waals surface area (Å²) in [6, 6.07) is 7.41. The van der Waals surface area contributed by atoms with Crippen molar-refractivity contribution in [2.75, 3.05) is 7.05 Å². The summed E-state index contributed by atoms with van der Waals surface area (Å²) in [7, 11) is 1.69. The fourth-order valence-corrected chi connectivity index (χ4v) is 2.42. The molecule has 24 heavy (non-hydrogen) atoms. The highest BCUT2D eigenvalue weighted by Crippen LogP contribution is 2.24. The highest BCUT2D eigenvalue weighted by atomic mass is 35.5. The Morgan fingerprint density at radius 3 is 2.12 bits per heavy atom. The van der Waals surface area contributed by atoms with Crippen molar-refractivity contribution < 1.29 is 14.7 Å². The van der Waals surface area contributed by atoms with E-state index in [9.17, 15) is 9.59 Å². The number of nitrogens with zero attached hydrogens (tertiary/aromatic N) is 3. The number of halogens is 1. The number of aromatic carboxylic acids is 1. The summed E-state index contributed by atoms with van der Waals surface area (Å²) < 4.78 is 0. The maximum Gasteiger partial charge on any atom is 0.356 e. The molecule has 0 bridgehead atoms. The first-order chi connectivity index (χ1) is 11.3. The van der Waals surface area contributed by atoms with Crippen LogP contribution in [0.4, 0.5) is 0 Å². The molecule has 2 atom stereocenters. The minimum absolute atomic E-state index is 0.0856. The van der Waals surface area contributed by atoms with Crippen LogP contribution in [0.25, 0.3) is 0 Å². The second kappa shape index (κ2) is 7.40. The van der Waals surface area contributed by atoms with Crippen LogP contribution in [-0.2, 0) is 0 Å². The Hall–Kier alpha value is -2.47. The molecule has 126 valence electrons. The van der Waals surface area contributed by atoms with Gasteiger partial charge in [-0.05, 0) is 24.6 Å². The van der Waals surface area contributed by atoms with Gasteiger partial charge in [0.25, 0.3) is 5.91 Å². The van der Waals surface area contributed by atoms with Gasteiger partial charge in [-0.15, -0.1) is 0 Å². The summed E-state index contributed by atoms with van der Waals surface area (Å²) in [6.45, 7) is 3.97. The average molecular weight is 348 g/mol. The Balaban J connectivity index is 2.13. The molecule has 0 aliphatic heterocycles. The fraction of sp³-hybridized carbons (Fsp3) is 0.294. The third kappa shape index (κ3) is 3.89. The van der Waals surface area contributed by atoms with E-state index in [0.29, 0.717) is 5.02 Å². The number of carboxylic acids is 1. The van der Waals surface area contributed by atoms with E-state index in [0.717, 1.165) is 11.8 Å². The number of carboxylic acid groups (broad SMARTS) is 1. The van der Waals surface area contributed by atoms with Crippen LogP contribution in [0.3, 0.4) is 0 Å². The third-order valence-corrected chi connectivity index (χ3v) is 4.39. The van der Waals surface area contributed by atoms with E-state index in [1.807, 2.05) is 38.1 Å². The van der Waals surface area contributed by atoms with Crippen molar-refractivity contribution in [2.24, 2.45) is 0 Å². The number of likely N-dealkylation sites (N-methyl/N-ethyl adjacent to an activating group) is 1. The van der Waals surface area contributed by atoms with E-state index in [1.54, 1.807) is 11.9 Å². The molecular formula is C17H18ClN3O3. The van der Waals surface area contributed by atoms with Crippen molar-refractivity contribution in [2.45, 2.75) is 25.8 Å². The topological polar surface area (TPSA) is 83.4 Å². The van der Waals surface area contributed by atoms with Crippen molar-refractivity contribution in [1.82, 2.24) is 14.9 Å². The summed E-state index contributed by atoms with van der Waals surface area (Å²) >= 11 is 5.90. The van der Waals surface area contributed by atoms with Gasteiger partial charge in [-0.25, -0.2) is 14.8 Å². The zero-order chi connectivity index (χ0) is 17.9. The third-order valence-electron chi connectivity index (χ3n) is 4.14. The highest BCUT2D eigenvalue weighted by Gasteiger charge is 2.24. The molecule has 0 saturated carbocycles. The van der Waals surface area contributed by atoms with Crippen molar-refractivity contribution in [3.63, 3.8) is 0 Å². The van der Waals surface area contributed by atoms with Gasteiger partial charge in [0.05, 0.1) is 12.4 Å². The van der Waals surface area contributed by atoms with Crippen molar-refractivity contribution in [3.8, 4) is 0 Å². The number of hydrogen-bond donors (Lipinski definition) is 1. The van der Waals surface area contributed by atoms with Crippen LogP contribution in [0.1, 0.15) is 46.3 Å². The van der Waals surface area contributed by atoms with Gasteiger partial charge in [-0.3, -0.25) is 4.79 Å². The maximum absolute atomic E-state index is 12.5. The van der Waals surface area contributed by atoms with E-state index in [-0.39, 0.29) is 29.3 Å². The summed E-state index contributed by atoms with van der Waals surface area (Å²) in [5.74, 6) is -1.41. The number of carbonyl (C=O) groups excluding carboxylic acids is 1. The molecule has 6 nitrogen and oxygen atoms in total. The summed E-state index contributed by atoms with van der Waals surface area (Å²) in [5.41, 5.74) is 0.980. The van der Waals surface area contributed by atoms with Gasteiger partial charge in [0.1, 0.15) is 5.69 Å². The molecule has 0 spiro atoms. The number of amides is 1. The SMILES string of the molecule is CC(c1ccc(Cl)cc1)C(C)N(C)C(=O)c1cnc(C(=O)O)cn1. The number of rotatable bonds is 5. The average Bonchev–Trinajstić information content (AvgIpc) is 2.60. The molecule has 2 unspecified atom stereocenters. The Kier molecular flexibility index (Phi) is 5.51. The predicted octanol–water partition coefficient (Wildman–Crippen LogP) is 3.09. The second-order valence-corrected chi connectivity index (χ2v) is 6.03. The zero-order valence-electron chi connectivity index (χ0n) is 13.6. The highest BCUT2D eigenvalue weighted by molar-refractivity contribution is 6.30. The number of aromatic nitrogens is 2. The first-order valence-corrected chi connectivity index (χ1v) is 7.77. The molecule has 0 aliphatic carbocycles. The van der Waals surface area contributed by atoms with Gasteiger partial charge in [0.2, 0.25) is 0 Å². The van der Waals surface area contributed by atoms with Crippen LogP contribution in [0.15, 0.2) is 36.7 Å². The number of hydrogen-bond acceptors (Lipinski definition) is 4. The molecule has 2 aromatic rings. The molecule has 1 aromatic heterocycles. The van der Waals surface area contributed by atoms with E-state index in [4.69, 9.17) is 16.7 Å². The maximum atomic E-state index is 12.5. The molecule has 1 heterocycles. The van der Waals surface area contributed by atoms with Crippen LogP contribution in [0, 0.1) is 0 Å². The van der Waals surface area contributed by atoms with E-state index in [1.165, 1.54) is 6.20 Å². The molecule has 2 rings (SSSR count). The van der Waals surface area contributed by atoms with E-state index >= 15 is 0 Å². The monoisotopic (exact) mass is 347 g/mol. The van der Waals surface area contributed by atoms with Gasteiger partial charge in [-0.2, -0.15) is 0 Å². The molecule has 7 heteroatoms. The van der Waals surface area contributed by atoms with Gasteiger partial charge < -0.3 is 10.0 Å². The minimum Gasteiger partial charge on any atom is -0.476 e. The first-order valence-electron chi connectivity index (χ1n) is 7.39. The lowest BCUT2D eigenvalue weighted by molar-refractivity contribution is 0.0682. The smallest absolute Gasteiger partial charge is 0.356 e. The van der Waals surface area contributed by atoms with E-state index in [2.05, 4.69) is 9.97 Å². The molecule has 0 aliphatic rings. The largest absolute Gasteiger partial charge is 0.476 e. The summed E-state index contributed by atoms with van der Waals surface area (Å²) in [5, 5.41) is 9.49. The van der Waals surface area contributed by atoms with E-state index < -0.39 is 5.97 Å².